The van der Waals surface area contributed by atoms with Crippen LogP contribution >= 0.6 is 11.6 Å². The van der Waals surface area contributed by atoms with Crippen LogP contribution in [-0.2, 0) is 26.2 Å². The largest absolute Gasteiger partial charge is 0.471 e. The Kier molecular flexibility index (Phi) is 17.3. The van der Waals surface area contributed by atoms with Crippen LogP contribution in [0.3, 0.4) is 0 Å². The van der Waals surface area contributed by atoms with Crippen LogP contribution in [0.2, 0.25) is 5.02 Å². The van der Waals surface area contributed by atoms with Gasteiger partial charge < -0.3 is 29.9 Å². The molecule has 0 radical (unpaired) electrons. The number of fused-ring (bicyclic) bond motifs is 1. The van der Waals surface area contributed by atoms with Crippen molar-refractivity contribution in [3.63, 3.8) is 0 Å². The number of benzene rings is 5. The molecule has 17 nitrogen and oxygen atoms in total. The van der Waals surface area contributed by atoms with Crippen LogP contribution in [0.5, 0.6) is 5.75 Å². The van der Waals surface area contributed by atoms with E-state index in [0.717, 1.165) is 39.2 Å². The predicted molar refractivity (Wildman–Crippen MR) is 283 cm³/mol. The highest BCUT2D eigenvalue weighted by atomic mass is 35.5. The average molecular weight is 1030 g/mol. The standard InChI is InChI=1S/C54H57ClN8O9S/c1-2-3-4-5-6-7-8-9-10-20-31-48(64)57-44-29-21-22-30-46(44)71-38-56-40-32-33-43(55)45(36-40)58-51(65)49(50-59-52-47(34-35-70-52)73(68,69)63(50)42-27-18-13-19-28-42)72-62-53(66)60(37-39-23-14-11-15-24-39)61(54(62)67)41-25-16-12-17-26-41/h11-19,21-30,32-36,49,56H,2-10,20,31,37-38H2,1H3,(H,57,64)(H,58,65). The number of amides is 2. The maximum atomic E-state index is 14.9. The van der Waals surface area contributed by atoms with Gasteiger partial charge in [-0.2, -0.15) is 9.67 Å². The van der Waals surface area contributed by atoms with Crippen molar-refractivity contribution in [3.8, 4) is 11.4 Å². The van der Waals surface area contributed by atoms with E-state index >= 15 is 0 Å². The molecule has 19 heteroatoms. The van der Waals surface area contributed by atoms with Gasteiger partial charge in [-0.1, -0.05) is 160 Å². The van der Waals surface area contributed by atoms with Crippen LogP contribution in [0, 0.1) is 0 Å². The first kappa shape index (κ1) is 51.5. The number of anilines is 4. The second-order valence-corrected chi connectivity index (χ2v) is 19.5. The summed E-state index contributed by atoms with van der Waals surface area (Å²) in [4.78, 5) is 67.3. The maximum Gasteiger partial charge on any atom is 0.385 e. The summed E-state index contributed by atoms with van der Waals surface area (Å²) in [5.74, 6) is -1.67. The van der Waals surface area contributed by atoms with Crippen LogP contribution in [0.25, 0.3) is 5.69 Å². The van der Waals surface area contributed by atoms with Gasteiger partial charge in [-0.15, -0.1) is 0 Å². The number of aliphatic imine (C=N–C) groups is 1. The zero-order chi connectivity index (χ0) is 51.2. The van der Waals surface area contributed by atoms with Crippen molar-refractivity contribution in [2.75, 3.05) is 27.0 Å². The van der Waals surface area contributed by atoms with Gasteiger partial charge >= 0.3 is 11.4 Å². The number of sulfonamides is 1. The van der Waals surface area contributed by atoms with Gasteiger partial charge in [-0.25, -0.2) is 27.0 Å². The molecular weight excluding hydrogens is 972 g/mol. The Hall–Kier alpha value is -7.83. The number of carbonyl (C=O) groups is 2. The zero-order valence-corrected chi connectivity index (χ0v) is 41.9. The first-order chi connectivity index (χ1) is 35.5. The van der Waals surface area contributed by atoms with Crippen LogP contribution in [0.4, 0.5) is 28.6 Å². The van der Waals surface area contributed by atoms with E-state index in [0.29, 0.717) is 39.5 Å². The average Bonchev–Trinajstić information content (AvgIpc) is 3.97. The number of hydrogen-bond acceptors (Lipinski definition) is 11. The zero-order valence-electron chi connectivity index (χ0n) is 40.3. The van der Waals surface area contributed by atoms with Gasteiger partial charge in [-0.05, 0) is 72.6 Å². The minimum atomic E-state index is -4.56. The molecule has 0 aliphatic carbocycles. The van der Waals surface area contributed by atoms with Crippen molar-refractivity contribution >= 4 is 67.9 Å². The highest BCUT2D eigenvalue weighted by molar-refractivity contribution is 7.93. The molecule has 5 aromatic carbocycles. The lowest BCUT2D eigenvalue weighted by atomic mass is 10.1. The topological polar surface area (TPSA) is 200 Å². The van der Waals surface area contributed by atoms with Gasteiger partial charge in [-0.3, -0.25) is 9.59 Å². The number of nitrogens with zero attached hydrogens (tertiary/aromatic N) is 5. The van der Waals surface area contributed by atoms with Gasteiger partial charge in [0.25, 0.3) is 22.0 Å². The fraction of sp³-hybridized carbons (Fsp3) is 0.278. The van der Waals surface area contributed by atoms with Crippen molar-refractivity contribution in [2.45, 2.75) is 95.1 Å². The summed E-state index contributed by atoms with van der Waals surface area (Å²) < 4.78 is 43.9. The summed E-state index contributed by atoms with van der Waals surface area (Å²) in [5.41, 5.74) is 0.0230. The maximum absolute atomic E-state index is 14.9. The molecule has 1 aliphatic heterocycles. The summed E-state index contributed by atoms with van der Waals surface area (Å²) in [5, 5.41) is 8.88. The number of carbonyl (C=O) groups excluding carboxylic acids is 2. The third kappa shape index (κ3) is 12.6. The molecule has 0 saturated heterocycles. The number of hydrogen-bond donors (Lipinski definition) is 3. The summed E-state index contributed by atoms with van der Waals surface area (Å²) in [6, 6.07) is 38.1. The third-order valence-corrected chi connectivity index (χ3v) is 14.1. The number of aromatic nitrogens is 3. The number of amidine groups is 1. The van der Waals surface area contributed by atoms with Crippen molar-refractivity contribution in [1.82, 2.24) is 14.1 Å². The number of unbranched alkanes of at least 4 members (excludes halogenated alkanes) is 9. The number of rotatable bonds is 25. The molecule has 0 saturated carbocycles. The molecule has 3 heterocycles. The lowest BCUT2D eigenvalue weighted by Gasteiger charge is -2.31. The molecule has 380 valence electrons. The van der Waals surface area contributed by atoms with E-state index in [1.807, 2.05) is 6.07 Å². The number of halogens is 1. The van der Waals surface area contributed by atoms with E-state index in [1.165, 1.54) is 75.3 Å². The Morgan fingerprint density at radius 3 is 2.04 bits per heavy atom. The number of furan rings is 1. The minimum Gasteiger partial charge on any atom is -0.471 e. The van der Waals surface area contributed by atoms with Crippen molar-refractivity contribution < 1.29 is 32.0 Å². The third-order valence-electron chi connectivity index (χ3n) is 12.0. The fourth-order valence-corrected chi connectivity index (χ4v) is 10.0. The summed E-state index contributed by atoms with van der Waals surface area (Å²) in [7, 11) is -4.56. The molecule has 2 amide bonds. The Bertz CT molecular complexity index is 3250. The molecule has 8 rings (SSSR count). The summed E-state index contributed by atoms with van der Waals surface area (Å²) in [6.07, 6.45) is 11.1. The molecule has 0 spiro atoms. The highest BCUT2D eigenvalue weighted by Gasteiger charge is 2.45. The lowest BCUT2D eigenvalue weighted by Crippen LogP contribution is -2.56. The van der Waals surface area contributed by atoms with E-state index < -0.39 is 39.2 Å². The molecule has 2 aromatic heterocycles. The molecule has 73 heavy (non-hydrogen) atoms. The summed E-state index contributed by atoms with van der Waals surface area (Å²) in [6.45, 7) is 2.06. The molecular formula is C54H57ClN8O9S. The highest BCUT2D eigenvalue weighted by Crippen LogP contribution is 2.37. The van der Waals surface area contributed by atoms with Crippen LogP contribution in [0.15, 0.2) is 170 Å². The Labute approximate surface area is 428 Å². The van der Waals surface area contributed by atoms with Crippen molar-refractivity contribution in [3.05, 3.63) is 177 Å². The molecule has 1 unspecified atom stereocenters. The van der Waals surface area contributed by atoms with Crippen molar-refractivity contribution in [2.24, 2.45) is 4.99 Å². The molecule has 0 bridgehead atoms. The Morgan fingerprint density at radius 2 is 1.34 bits per heavy atom. The fourth-order valence-electron chi connectivity index (χ4n) is 8.33. The monoisotopic (exact) mass is 1030 g/mol. The molecule has 0 fully saturated rings. The lowest BCUT2D eigenvalue weighted by molar-refractivity contribution is -0.124. The number of nitrogens with one attached hydrogen (secondary N) is 3. The quantitative estimate of drug-likeness (QED) is 0.0365. The SMILES string of the molecule is CCCCCCCCCCCCC(=O)Nc1ccccc1OCNc1ccc(Cl)c(NC(=O)C(On2c(=O)n(Cc3ccccc3)n(-c3ccccc3)c2=O)C2=Nc3occc3S(=O)(=O)N2c2ccccc2)c1. The minimum absolute atomic E-state index is 0.0322. The van der Waals surface area contributed by atoms with Crippen LogP contribution in [0.1, 0.15) is 83.1 Å². The smallest absolute Gasteiger partial charge is 0.385 e. The Morgan fingerprint density at radius 1 is 0.712 bits per heavy atom. The van der Waals surface area contributed by atoms with E-state index in [1.54, 1.807) is 103 Å². The first-order valence-corrected chi connectivity index (χ1v) is 26.2. The van der Waals surface area contributed by atoms with Gasteiger partial charge in [0.1, 0.15) is 5.75 Å². The van der Waals surface area contributed by atoms with Gasteiger partial charge in [0.05, 0.1) is 40.6 Å². The van der Waals surface area contributed by atoms with Crippen molar-refractivity contribution in [1.29, 1.82) is 0 Å². The molecule has 1 atom stereocenters. The van der Waals surface area contributed by atoms with E-state index in [4.69, 9.17) is 25.6 Å². The van der Waals surface area contributed by atoms with Gasteiger partial charge in [0, 0.05) is 12.1 Å². The van der Waals surface area contributed by atoms with E-state index in [9.17, 15) is 27.6 Å². The number of ether oxygens (including phenoxy) is 1. The normalized spacial score (nSPS) is 13.1. The summed E-state index contributed by atoms with van der Waals surface area (Å²) >= 11 is 6.70. The molecule has 1 aliphatic rings. The number of para-hydroxylation sites is 4. The molecule has 7 aromatic rings. The van der Waals surface area contributed by atoms with E-state index in [2.05, 4.69) is 27.9 Å². The first-order valence-electron chi connectivity index (χ1n) is 24.4. The van der Waals surface area contributed by atoms with Gasteiger partial charge in [0.2, 0.25) is 11.8 Å². The van der Waals surface area contributed by atoms with Crippen LogP contribution < -0.4 is 41.2 Å². The van der Waals surface area contributed by atoms with Gasteiger partial charge in [0.15, 0.2) is 17.5 Å². The van der Waals surface area contributed by atoms with Crippen LogP contribution in [-0.4, -0.2) is 53.0 Å². The van der Waals surface area contributed by atoms with E-state index in [-0.39, 0.29) is 46.4 Å². The Balaban J connectivity index is 1.03. The second kappa shape index (κ2) is 24.5. The second-order valence-electron chi connectivity index (χ2n) is 17.3. The predicted octanol–water partition coefficient (Wildman–Crippen LogP) is 10.2. The molecule has 3 N–H and O–H groups in total.